The Labute approximate surface area is 188 Å². The average Bonchev–Trinajstić information content (AvgIpc) is 2.84. The maximum absolute atomic E-state index is 15.1. The number of ether oxygens (including phenoxy) is 1. The average molecular weight is 452 g/mol. The molecule has 1 N–H and O–H groups in total. The van der Waals surface area contributed by atoms with Gasteiger partial charge >= 0.3 is 0 Å². The van der Waals surface area contributed by atoms with Gasteiger partial charge in [-0.2, -0.15) is 10.2 Å². The van der Waals surface area contributed by atoms with Crippen LogP contribution in [0.15, 0.2) is 48.9 Å². The van der Waals surface area contributed by atoms with Gasteiger partial charge in [0.2, 0.25) is 0 Å². The van der Waals surface area contributed by atoms with Crippen LogP contribution in [0, 0.1) is 5.82 Å². The van der Waals surface area contributed by atoms with Crippen LogP contribution in [0.25, 0.3) is 33.4 Å². The first-order valence-corrected chi connectivity index (χ1v) is 10.5. The number of nitrogens with zero attached hydrogens (tertiary/aromatic N) is 5. The summed E-state index contributed by atoms with van der Waals surface area (Å²) in [4.78, 5) is 11.0. The normalized spacial score (nSPS) is 14.2. The Morgan fingerprint density at radius 3 is 2.69 bits per heavy atom. The molecular formula is C23H19ClFN5O2. The summed E-state index contributed by atoms with van der Waals surface area (Å²) in [6, 6.07) is 10.4. The second-order valence-electron chi connectivity index (χ2n) is 7.40. The Hall–Kier alpha value is -3.20. The van der Waals surface area contributed by atoms with Crippen molar-refractivity contribution in [2.24, 2.45) is 0 Å². The zero-order valence-corrected chi connectivity index (χ0v) is 17.8. The Morgan fingerprint density at radius 1 is 1.03 bits per heavy atom. The summed E-state index contributed by atoms with van der Waals surface area (Å²) < 4.78 is 20.5. The van der Waals surface area contributed by atoms with Gasteiger partial charge in [-0.25, -0.2) is 14.4 Å². The van der Waals surface area contributed by atoms with Crippen LogP contribution in [0.2, 0.25) is 5.02 Å². The van der Waals surface area contributed by atoms with E-state index in [1.54, 1.807) is 12.1 Å². The van der Waals surface area contributed by atoms with E-state index in [4.69, 9.17) is 16.3 Å². The van der Waals surface area contributed by atoms with E-state index in [-0.39, 0.29) is 17.2 Å². The van der Waals surface area contributed by atoms with Crippen LogP contribution < -0.4 is 4.90 Å². The van der Waals surface area contributed by atoms with Gasteiger partial charge in [0.1, 0.15) is 12.1 Å². The molecule has 0 bridgehead atoms. The monoisotopic (exact) mass is 451 g/mol. The number of hydrogen-bond donors (Lipinski definition) is 1. The molecule has 1 aliphatic heterocycles. The molecule has 0 unspecified atom stereocenters. The van der Waals surface area contributed by atoms with Crippen molar-refractivity contribution < 1.29 is 14.2 Å². The highest BCUT2D eigenvalue weighted by Crippen LogP contribution is 2.37. The lowest BCUT2D eigenvalue weighted by molar-refractivity contribution is 0.122. The number of morpholine rings is 1. The predicted octanol–water partition coefficient (Wildman–Crippen LogP) is 3.88. The van der Waals surface area contributed by atoms with E-state index in [9.17, 15) is 5.11 Å². The molecule has 0 amide bonds. The number of aromatic nitrogens is 4. The van der Waals surface area contributed by atoms with Crippen molar-refractivity contribution in [3.05, 3.63) is 65.3 Å². The summed E-state index contributed by atoms with van der Waals surface area (Å²) in [5.74, 6) is -0.509. The van der Waals surface area contributed by atoms with Gasteiger partial charge in [-0.05, 0) is 36.4 Å². The summed E-state index contributed by atoms with van der Waals surface area (Å²) in [7, 11) is 0. The zero-order chi connectivity index (χ0) is 22.1. The van der Waals surface area contributed by atoms with Crippen LogP contribution in [0.5, 0.6) is 0 Å². The predicted molar refractivity (Wildman–Crippen MR) is 120 cm³/mol. The lowest BCUT2D eigenvalue weighted by atomic mass is 9.99. The number of anilines is 1. The summed E-state index contributed by atoms with van der Waals surface area (Å²) >= 11 is 6.34. The highest BCUT2D eigenvalue weighted by atomic mass is 35.5. The van der Waals surface area contributed by atoms with Gasteiger partial charge in [-0.15, -0.1) is 0 Å². The molecule has 3 heterocycles. The smallest absolute Gasteiger partial charge is 0.134 e. The third-order valence-electron chi connectivity index (χ3n) is 5.54. The van der Waals surface area contributed by atoms with E-state index in [0.717, 1.165) is 24.2 Å². The lowest BCUT2D eigenvalue weighted by Gasteiger charge is -2.29. The molecule has 2 aromatic heterocycles. The molecule has 32 heavy (non-hydrogen) atoms. The second kappa shape index (κ2) is 8.74. The number of halogens is 2. The SMILES string of the molecule is OCc1ccnnc1-c1cc(-c2ncnc3cc(N4CCOCC4)ccc23)c(F)cc1Cl. The fraction of sp³-hybridized carbons (Fsp3) is 0.217. The first kappa shape index (κ1) is 20.7. The van der Waals surface area contributed by atoms with Gasteiger partial charge in [0, 0.05) is 47.1 Å². The molecule has 1 fully saturated rings. The fourth-order valence-electron chi connectivity index (χ4n) is 3.90. The van der Waals surface area contributed by atoms with Crippen molar-refractivity contribution >= 4 is 28.2 Å². The molecule has 0 aliphatic carbocycles. The minimum Gasteiger partial charge on any atom is -0.392 e. The third kappa shape index (κ3) is 3.77. The number of benzene rings is 2. The Balaban J connectivity index is 1.63. The van der Waals surface area contributed by atoms with Crippen molar-refractivity contribution in [1.29, 1.82) is 0 Å². The Bertz CT molecular complexity index is 1300. The maximum Gasteiger partial charge on any atom is 0.134 e. The standard InChI is InChI=1S/C23H19ClFN5O2/c24-19-11-20(25)18(10-17(19)22-14(12-31)3-4-28-29-22)23-16-2-1-15(9-21(16)26-13-27-23)30-5-7-32-8-6-30/h1-4,9-11,13,31H,5-8,12H2. The van der Waals surface area contributed by atoms with Crippen molar-refractivity contribution in [2.45, 2.75) is 6.61 Å². The van der Waals surface area contributed by atoms with E-state index in [0.29, 0.717) is 41.2 Å². The number of fused-ring (bicyclic) bond motifs is 1. The highest BCUT2D eigenvalue weighted by molar-refractivity contribution is 6.33. The first-order chi connectivity index (χ1) is 15.7. The van der Waals surface area contributed by atoms with Crippen LogP contribution in [-0.2, 0) is 11.3 Å². The second-order valence-corrected chi connectivity index (χ2v) is 7.81. The summed E-state index contributed by atoms with van der Waals surface area (Å²) in [6.07, 6.45) is 2.91. The number of hydrogen-bond acceptors (Lipinski definition) is 7. The molecule has 162 valence electrons. The van der Waals surface area contributed by atoms with E-state index in [1.807, 2.05) is 18.2 Å². The quantitative estimate of drug-likeness (QED) is 0.504. The molecule has 0 saturated carbocycles. The summed E-state index contributed by atoms with van der Waals surface area (Å²) in [5, 5.41) is 18.6. The van der Waals surface area contributed by atoms with Gasteiger partial charge in [0.25, 0.3) is 0 Å². The lowest BCUT2D eigenvalue weighted by Crippen LogP contribution is -2.36. The fourth-order valence-corrected chi connectivity index (χ4v) is 4.14. The summed E-state index contributed by atoms with van der Waals surface area (Å²) in [6.45, 7) is 2.75. The highest BCUT2D eigenvalue weighted by Gasteiger charge is 2.19. The molecule has 1 saturated heterocycles. The minimum atomic E-state index is -0.509. The topological polar surface area (TPSA) is 84.3 Å². The van der Waals surface area contributed by atoms with Gasteiger partial charge < -0.3 is 14.7 Å². The molecule has 0 atom stereocenters. The van der Waals surface area contributed by atoms with E-state index in [1.165, 1.54) is 18.6 Å². The van der Waals surface area contributed by atoms with Gasteiger partial charge in [-0.1, -0.05) is 11.6 Å². The first-order valence-electron chi connectivity index (χ1n) is 10.1. The van der Waals surface area contributed by atoms with Gasteiger partial charge in [-0.3, -0.25) is 0 Å². The zero-order valence-electron chi connectivity index (χ0n) is 17.0. The molecule has 2 aromatic carbocycles. The van der Waals surface area contributed by atoms with E-state index < -0.39 is 5.82 Å². The number of aliphatic hydroxyl groups is 1. The maximum atomic E-state index is 15.1. The molecule has 4 aromatic rings. The minimum absolute atomic E-state index is 0.175. The molecule has 0 radical (unpaired) electrons. The molecular weight excluding hydrogens is 433 g/mol. The molecule has 5 rings (SSSR count). The summed E-state index contributed by atoms with van der Waals surface area (Å²) in [5.41, 5.74) is 3.88. The Kier molecular flexibility index (Phi) is 5.65. The van der Waals surface area contributed by atoms with Crippen molar-refractivity contribution in [1.82, 2.24) is 20.2 Å². The van der Waals surface area contributed by atoms with E-state index in [2.05, 4.69) is 25.1 Å². The number of aliphatic hydroxyl groups excluding tert-OH is 1. The van der Waals surface area contributed by atoms with Crippen LogP contribution in [-0.4, -0.2) is 51.6 Å². The van der Waals surface area contributed by atoms with Crippen LogP contribution in [0.4, 0.5) is 10.1 Å². The number of rotatable bonds is 4. The van der Waals surface area contributed by atoms with E-state index >= 15 is 4.39 Å². The molecule has 1 aliphatic rings. The van der Waals surface area contributed by atoms with Gasteiger partial charge in [0.15, 0.2) is 0 Å². The molecule has 7 nitrogen and oxygen atoms in total. The van der Waals surface area contributed by atoms with Crippen molar-refractivity contribution in [3.63, 3.8) is 0 Å². The van der Waals surface area contributed by atoms with Crippen LogP contribution in [0.1, 0.15) is 5.56 Å². The van der Waals surface area contributed by atoms with Crippen LogP contribution in [0.3, 0.4) is 0 Å². The van der Waals surface area contributed by atoms with Crippen molar-refractivity contribution in [3.8, 4) is 22.5 Å². The van der Waals surface area contributed by atoms with Crippen LogP contribution >= 0.6 is 11.6 Å². The molecule has 9 heteroatoms. The van der Waals surface area contributed by atoms with Crippen molar-refractivity contribution in [2.75, 3.05) is 31.2 Å². The van der Waals surface area contributed by atoms with Gasteiger partial charge in [0.05, 0.1) is 41.7 Å². The third-order valence-corrected chi connectivity index (χ3v) is 5.85. The largest absolute Gasteiger partial charge is 0.392 e. The Morgan fingerprint density at radius 2 is 1.88 bits per heavy atom. The molecule has 0 spiro atoms.